The predicted molar refractivity (Wildman–Crippen MR) is 61.8 cm³/mol. The SMILES string of the molecule is CCB(O)O.CN.O=C(O)[C@H]1CC[C@@H](O)C1. The molecule has 96 valence electrons. The van der Waals surface area contributed by atoms with Crippen LogP contribution in [-0.2, 0) is 4.79 Å². The fourth-order valence-corrected chi connectivity index (χ4v) is 1.18. The first-order chi connectivity index (χ1) is 7.47. The molecule has 6 nitrogen and oxygen atoms in total. The quantitative estimate of drug-likeness (QED) is 0.402. The molecule has 0 saturated heterocycles. The minimum absolute atomic E-state index is 0.292. The van der Waals surface area contributed by atoms with Crippen molar-refractivity contribution in [3.05, 3.63) is 0 Å². The first kappa shape index (κ1) is 17.8. The third kappa shape index (κ3) is 9.91. The summed E-state index contributed by atoms with van der Waals surface area (Å²) in [6, 6.07) is 0. The summed E-state index contributed by atoms with van der Waals surface area (Å²) >= 11 is 0. The topological polar surface area (TPSA) is 124 Å². The van der Waals surface area contributed by atoms with Crippen molar-refractivity contribution in [2.75, 3.05) is 7.05 Å². The molecule has 0 aromatic carbocycles. The van der Waals surface area contributed by atoms with Gasteiger partial charge in [0.2, 0.25) is 0 Å². The Kier molecular flexibility index (Phi) is 12.1. The number of carbonyl (C=O) groups is 1. The number of hydrogen-bond donors (Lipinski definition) is 5. The molecular formula is C9H22BNO5. The molecule has 0 amide bonds. The van der Waals surface area contributed by atoms with Crippen molar-refractivity contribution in [3.63, 3.8) is 0 Å². The van der Waals surface area contributed by atoms with Crippen LogP contribution in [0.3, 0.4) is 0 Å². The largest absolute Gasteiger partial charge is 0.481 e. The number of aliphatic hydroxyl groups excluding tert-OH is 1. The molecule has 1 fully saturated rings. The molecule has 0 spiro atoms. The molecule has 7 heteroatoms. The Labute approximate surface area is 96.2 Å². The average molecular weight is 235 g/mol. The number of aliphatic carboxylic acids is 1. The summed E-state index contributed by atoms with van der Waals surface area (Å²) in [7, 11) is 0.384. The van der Waals surface area contributed by atoms with Gasteiger partial charge in [-0.2, -0.15) is 0 Å². The van der Waals surface area contributed by atoms with Crippen LogP contribution in [0.15, 0.2) is 0 Å². The van der Waals surface area contributed by atoms with E-state index in [2.05, 4.69) is 5.73 Å². The van der Waals surface area contributed by atoms with Crippen LogP contribution in [0.5, 0.6) is 0 Å². The minimum atomic E-state index is -1.12. The monoisotopic (exact) mass is 235 g/mol. The minimum Gasteiger partial charge on any atom is -0.481 e. The second-order valence-corrected chi connectivity index (χ2v) is 3.39. The summed E-state index contributed by atoms with van der Waals surface area (Å²) in [5.41, 5.74) is 4.50. The van der Waals surface area contributed by atoms with Crippen molar-refractivity contribution in [1.82, 2.24) is 0 Å². The summed E-state index contributed by atoms with van der Waals surface area (Å²) in [6.07, 6.45) is 1.77. The Morgan fingerprint density at radius 3 is 1.94 bits per heavy atom. The number of hydrogen-bond acceptors (Lipinski definition) is 5. The molecule has 0 aromatic heterocycles. The van der Waals surface area contributed by atoms with Crippen LogP contribution in [0.25, 0.3) is 0 Å². The molecule has 0 heterocycles. The maximum atomic E-state index is 10.2. The zero-order chi connectivity index (χ0) is 13.1. The van der Waals surface area contributed by atoms with Crippen LogP contribution in [0, 0.1) is 5.92 Å². The van der Waals surface area contributed by atoms with E-state index < -0.39 is 13.1 Å². The van der Waals surface area contributed by atoms with Crippen LogP contribution in [0.2, 0.25) is 6.32 Å². The highest BCUT2D eigenvalue weighted by Gasteiger charge is 2.27. The van der Waals surface area contributed by atoms with E-state index in [0.717, 1.165) is 0 Å². The molecule has 0 aromatic rings. The third-order valence-corrected chi connectivity index (χ3v) is 2.12. The van der Waals surface area contributed by atoms with Gasteiger partial charge in [-0.1, -0.05) is 6.92 Å². The second-order valence-electron chi connectivity index (χ2n) is 3.39. The van der Waals surface area contributed by atoms with Gasteiger partial charge < -0.3 is 26.0 Å². The van der Waals surface area contributed by atoms with E-state index in [1.807, 2.05) is 0 Å². The van der Waals surface area contributed by atoms with Gasteiger partial charge in [-0.15, -0.1) is 0 Å². The Balaban J connectivity index is 0. The van der Waals surface area contributed by atoms with Crippen molar-refractivity contribution in [2.45, 2.75) is 38.6 Å². The van der Waals surface area contributed by atoms with Gasteiger partial charge in [-0.05, 0) is 32.6 Å². The van der Waals surface area contributed by atoms with Crippen LogP contribution in [-0.4, -0.2) is 46.5 Å². The van der Waals surface area contributed by atoms with E-state index in [-0.39, 0.29) is 12.0 Å². The van der Waals surface area contributed by atoms with Gasteiger partial charge in [0.25, 0.3) is 0 Å². The lowest BCUT2D eigenvalue weighted by Gasteiger charge is -1.99. The average Bonchev–Trinajstić information content (AvgIpc) is 2.69. The maximum absolute atomic E-state index is 10.2. The molecule has 1 rings (SSSR count). The van der Waals surface area contributed by atoms with Crippen molar-refractivity contribution in [1.29, 1.82) is 0 Å². The first-order valence-electron chi connectivity index (χ1n) is 5.32. The first-order valence-corrected chi connectivity index (χ1v) is 5.32. The van der Waals surface area contributed by atoms with E-state index in [1.54, 1.807) is 6.92 Å². The van der Waals surface area contributed by atoms with Gasteiger partial charge in [0.1, 0.15) is 0 Å². The zero-order valence-electron chi connectivity index (χ0n) is 9.83. The summed E-state index contributed by atoms with van der Waals surface area (Å²) < 4.78 is 0. The van der Waals surface area contributed by atoms with Gasteiger partial charge in [-0.25, -0.2) is 0 Å². The van der Waals surface area contributed by atoms with Crippen molar-refractivity contribution < 1.29 is 25.1 Å². The molecule has 1 aliphatic carbocycles. The van der Waals surface area contributed by atoms with Crippen LogP contribution >= 0.6 is 0 Å². The van der Waals surface area contributed by atoms with E-state index >= 15 is 0 Å². The van der Waals surface area contributed by atoms with E-state index in [1.165, 1.54) is 7.05 Å². The molecule has 6 N–H and O–H groups in total. The lowest BCUT2D eigenvalue weighted by molar-refractivity contribution is -0.141. The third-order valence-electron chi connectivity index (χ3n) is 2.12. The molecule has 2 atom stereocenters. The van der Waals surface area contributed by atoms with Gasteiger partial charge in [0, 0.05) is 0 Å². The van der Waals surface area contributed by atoms with Gasteiger partial charge in [-0.3, -0.25) is 4.79 Å². The predicted octanol–water partition coefficient (Wildman–Crippen LogP) is -0.714. The number of aliphatic hydroxyl groups is 1. The van der Waals surface area contributed by atoms with Crippen LogP contribution < -0.4 is 5.73 Å². The lowest BCUT2D eigenvalue weighted by atomic mass is 9.88. The number of carboxylic acid groups (broad SMARTS) is 1. The molecule has 1 saturated carbocycles. The van der Waals surface area contributed by atoms with Gasteiger partial charge >= 0.3 is 13.1 Å². The Morgan fingerprint density at radius 1 is 1.38 bits per heavy atom. The summed E-state index contributed by atoms with van der Waals surface area (Å²) in [5, 5.41) is 33.1. The molecule has 0 unspecified atom stereocenters. The number of rotatable bonds is 2. The molecule has 0 bridgehead atoms. The zero-order valence-corrected chi connectivity index (χ0v) is 9.83. The normalized spacial score (nSPS) is 22.4. The number of carboxylic acids is 1. The summed E-state index contributed by atoms with van der Waals surface area (Å²) in [4.78, 5) is 10.2. The molecule has 16 heavy (non-hydrogen) atoms. The highest BCUT2D eigenvalue weighted by molar-refractivity contribution is 6.40. The maximum Gasteiger partial charge on any atom is 0.451 e. The molecule has 0 radical (unpaired) electrons. The van der Waals surface area contributed by atoms with Crippen molar-refractivity contribution in [2.24, 2.45) is 11.7 Å². The fraction of sp³-hybridized carbons (Fsp3) is 0.889. The second kappa shape index (κ2) is 10.9. The van der Waals surface area contributed by atoms with E-state index in [0.29, 0.717) is 25.6 Å². The molecule has 0 aliphatic heterocycles. The Hall–Kier alpha value is -0.625. The highest BCUT2D eigenvalue weighted by Crippen LogP contribution is 2.24. The Bertz CT molecular complexity index is 179. The van der Waals surface area contributed by atoms with Crippen molar-refractivity contribution in [3.8, 4) is 0 Å². The summed E-state index contributed by atoms with van der Waals surface area (Å²) in [6.45, 7) is 1.70. The van der Waals surface area contributed by atoms with Gasteiger partial charge in [0.05, 0.1) is 12.0 Å². The standard InChI is InChI=1S/C6H10O3.C2H7BO2.CH5N/c7-5-2-1-4(3-5)6(8)9;1-2-3(4)5;1-2/h4-5,7H,1-3H2,(H,8,9);4-5H,2H2,1H3;2H2,1H3/t4-,5+;;/m0../s1. The van der Waals surface area contributed by atoms with Crippen LogP contribution in [0.4, 0.5) is 0 Å². The van der Waals surface area contributed by atoms with Gasteiger partial charge in [0.15, 0.2) is 0 Å². The number of nitrogens with two attached hydrogens (primary N) is 1. The van der Waals surface area contributed by atoms with E-state index in [4.69, 9.17) is 20.3 Å². The highest BCUT2D eigenvalue weighted by atomic mass is 16.4. The smallest absolute Gasteiger partial charge is 0.451 e. The fourth-order valence-electron chi connectivity index (χ4n) is 1.18. The Morgan fingerprint density at radius 2 is 1.81 bits per heavy atom. The van der Waals surface area contributed by atoms with E-state index in [9.17, 15) is 4.79 Å². The van der Waals surface area contributed by atoms with Crippen LogP contribution in [0.1, 0.15) is 26.2 Å². The van der Waals surface area contributed by atoms with Crippen molar-refractivity contribution >= 4 is 13.1 Å². The summed E-state index contributed by atoms with van der Waals surface area (Å²) in [5.74, 6) is -1.06. The molecule has 1 aliphatic rings. The lowest BCUT2D eigenvalue weighted by Crippen LogP contribution is -2.10. The molecular weight excluding hydrogens is 213 g/mol.